The molecule has 0 spiro atoms. The smallest absolute Gasteiger partial charge is 0.282 e. The molecular weight excluding hydrogens is 594 g/mol. The molecule has 0 amide bonds. The number of fused-ring (bicyclic) bond motifs is 3. The molecule has 0 saturated heterocycles. The van der Waals surface area contributed by atoms with Crippen molar-refractivity contribution in [1.29, 1.82) is 0 Å². The van der Waals surface area contributed by atoms with Crippen LogP contribution in [0.4, 0.5) is 5.82 Å². The molecule has 1 aliphatic rings. The quantitative estimate of drug-likeness (QED) is 0.250. The van der Waals surface area contributed by atoms with Crippen LogP contribution in [0.2, 0.25) is 0 Å². The van der Waals surface area contributed by atoms with Gasteiger partial charge in [0.05, 0.1) is 22.8 Å². The average Bonchev–Trinajstić information content (AvgIpc) is 3.78. The van der Waals surface area contributed by atoms with Gasteiger partial charge in [0.25, 0.3) is 5.56 Å². The van der Waals surface area contributed by atoms with Gasteiger partial charge in [-0.2, -0.15) is 9.77 Å². The van der Waals surface area contributed by atoms with Crippen LogP contribution < -0.4 is 16.0 Å². The van der Waals surface area contributed by atoms with E-state index >= 15 is 0 Å². The van der Waals surface area contributed by atoms with E-state index in [0.29, 0.717) is 57.7 Å². The number of ether oxygens (including phenoxy) is 1. The van der Waals surface area contributed by atoms with E-state index in [1.54, 1.807) is 27.8 Å². The first-order valence-electron chi connectivity index (χ1n) is 15.6. The zero-order valence-electron chi connectivity index (χ0n) is 26.7. The Morgan fingerprint density at radius 3 is 2.62 bits per heavy atom. The van der Waals surface area contributed by atoms with E-state index in [9.17, 15) is 9.90 Å². The Kier molecular flexibility index (Phi) is 7.41. The zero-order valence-corrected chi connectivity index (χ0v) is 26.7. The van der Waals surface area contributed by atoms with Crippen molar-refractivity contribution in [3.8, 4) is 34.6 Å². The number of hydrogen-bond acceptors (Lipinski definition) is 9. The number of rotatable bonds is 7. The Labute approximate surface area is 271 Å². The highest BCUT2D eigenvalue weighted by atomic mass is 16.5. The Morgan fingerprint density at radius 2 is 1.85 bits per heavy atom. The molecular formula is C35H35N9O3. The van der Waals surface area contributed by atoms with Crippen molar-refractivity contribution in [3.63, 3.8) is 0 Å². The number of benzene rings is 2. The van der Waals surface area contributed by atoms with Gasteiger partial charge in [0.2, 0.25) is 0 Å². The summed E-state index contributed by atoms with van der Waals surface area (Å²) < 4.78 is 11.0. The highest BCUT2D eigenvalue weighted by Gasteiger charge is 2.35. The van der Waals surface area contributed by atoms with Crippen LogP contribution in [0.5, 0.6) is 11.5 Å². The molecule has 3 N–H and O–H groups in total. The molecule has 238 valence electrons. The van der Waals surface area contributed by atoms with E-state index in [2.05, 4.69) is 40.6 Å². The van der Waals surface area contributed by atoms with Gasteiger partial charge in [-0.05, 0) is 63.3 Å². The molecule has 12 nitrogen and oxygen atoms in total. The first-order valence-corrected chi connectivity index (χ1v) is 15.6. The standard InChI is InChI=1S/C35H35N9O3/c1-5-41(6-2)16-10-12-22-11-9-13-25-28(22)34(46)44(42-17-7-8-18-42)27(39-25)20-43-33-29(32(36)37-21-38-33)30(40-43)23-14-15-26(45)31-24(23)19-35(3,4)47-31/h7-9,11,13-15,17-18,21,45H,5-6,16,19-20H2,1-4H3,(H2,36,37,38). The molecule has 0 unspecified atom stereocenters. The lowest BCUT2D eigenvalue weighted by molar-refractivity contribution is 0.134. The summed E-state index contributed by atoms with van der Waals surface area (Å²) in [5.74, 6) is 7.64. The third kappa shape index (κ3) is 5.24. The predicted octanol–water partition coefficient (Wildman–Crippen LogP) is 4.06. The second-order valence-electron chi connectivity index (χ2n) is 12.1. The second kappa shape index (κ2) is 11.6. The van der Waals surface area contributed by atoms with Crippen LogP contribution in [0.15, 0.2) is 66.0 Å². The number of anilines is 1. The summed E-state index contributed by atoms with van der Waals surface area (Å²) in [6.45, 7) is 10.6. The maximum atomic E-state index is 14.3. The largest absolute Gasteiger partial charge is 0.504 e. The van der Waals surface area contributed by atoms with Crippen LogP contribution in [-0.4, -0.2) is 69.3 Å². The number of nitrogens with two attached hydrogens (primary N) is 1. The first kappa shape index (κ1) is 30.0. The molecule has 6 aromatic rings. The maximum Gasteiger partial charge on any atom is 0.282 e. The highest BCUT2D eigenvalue weighted by Crippen LogP contribution is 2.47. The molecule has 2 aromatic carbocycles. The van der Waals surface area contributed by atoms with Gasteiger partial charge in [0.15, 0.2) is 23.0 Å². The van der Waals surface area contributed by atoms with Gasteiger partial charge >= 0.3 is 0 Å². The number of nitrogen functional groups attached to an aromatic ring is 1. The number of phenols is 1. The Hall–Kier alpha value is -5.67. The van der Waals surface area contributed by atoms with Crippen LogP contribution in [0, 0.1) is 11.8 Å². The van der Waals surface area contributed by atoms with Crippen LogP contribution in [-0.2, 0) is 13.0 Å². The van der Waals surface area contributed by atoms with Crippen molar-refractivity contribution in [1.82, 2.24) is 39.0 Å². The zero-order chi connectivity index (χ0) is 32.9. The van der Waals surface area contributed by atoms with Gasteiger partial charge in [0, 0.05) is 35.5 Å². The van der Waals surface area contributed by atoms with Crippen LogP contribution in [0.3, 0.4) is 0 Å². The lowest BCUT2D eigenvalue weighted by Crippen LogP contribution is -2.31. The fraction of sp³-hybridized carbons (Fsp3) is 0.286. The van der Waals surface area contributed by atoms with Crippen LogP contribution in [0.1, 0.15) is 44.6 Å². The molecule has 0 radical (unpaired) electrons. The minimum Gasteiger partial charge on any atom is -0.504 e. The van der Waals surface area contributed by atoms with Crippen molar-refractivity contribution in [2.45, 2.75) is 46.3 Å². The molecule has 0 atom stereocenters. The van der Waals surface area contributed by atoms with Crippen LogP contribution >= 0.6 is 0 Å². The molecule has 7 rings (SSSR count). The number of phenolic OH excluding ortho intramolecular Hbond substituents is 1. The van der Waals surface area contributed by atoms with Crippen molar-refractivity contribution < 1.29 is 9.84 Å². The van der Waals surface area contributed by atoms with E-state index in [1.807, 2.05) is 50.2 Å². The molecule has 0 saturated carbocycles. The van der Waals surface area contributed by atoms with E-state index in [1.165, 1.54) is 11.0 Å². The third-order valence-corrected chi connectivity index (χ3v) is 8.51. The minimum absolute atomic E-state index is 0.0653. The first-order chi connectivity index (χ1) is 22.7. The highest BCUT2D eigenvalue weighted by molar-refractivity contribution is 5.99. The van der Waals surface area contributed by atoms with Crippen LogP contribution in [0.25, 0.3) is 33.2 Å². The lowest BCUT2D eigenvalue weighted by Gasteiger charge is -2.16. The van der Waals surface area contributed by atoms with Crippen molar-refractivity contribution >= 4 is 27.8 Å². The summed E-state index contributed by atoms with van der Waals surface area (Å²) in [5.41, 5.74) is 9.47. The Bertz CT molecular complexity index is 2270. The Balaban J connectivity index is 1.40. The predicted molar refractivity (Wildman–Crippen MR) is 180 cm³/mol. The van der Waals surface area contributed by atoms with E-state index in [4.69, 9.17) is 20.6 Å². The van der Waals surface area contributed by atoms with Gasteiger partial charge in [-0.15, -0.1) is 0 Å². The van der Waals surface area contributed by atoms with Gasteiger partial charge in [-0.1, -0.05) is 31.8 Å². The summed E-state index contributed by atoms with van der Waals surface area (Å²) >= 11 is 0. The number of nitrogens with zero attached hydrogens (tertiary/aromatic N) is 8. The molecule has 12 heteroatoms. The summed E-state index contributed by atoms with van der Waals surface area (Å²) in [6.07, 6.45) is 5.54. The monoisotopic (exact) mass is 629 g/mol. The van der Waals surface area contributed by atoms with Gasteiger partial charge in [-0.3, -0.25) is 14.4 Å². The minimum atomic E-state index is -0.507. The van der Waals surface area contributed by atoms with Gasteiger partial charge in [-0.25, -0.2) is 19.6 Å². The molecule has 1 aliphatic heterocycles. The fourth-order valence-corrected chi connectivity index (χ4v) is 6.19. The summed E-state index contributed by atoms with van der Waals surface area (Å²) in [5, 5.41) is 16.6. The van der Waals surface area contributed by atoms with Crippen molar-refractivity contribution in [3.05, 3.63) is 88.5 Å². The topological polar surface area (TPSA) is 142 Å². The molecule has 0 aliphatic carbocycles. The molecule has 4 aromatic heterocycles. The van der Waals surface area contributed by atoms with E-state index in [-0.39, 0.29) is 23.7 Å². The van der Waals surface area contributed by atoms with Gasteiger partial charge < -0.3 is 15.6 Å². The number of aromatic hydroxyl groups is 1. The summed E-state index contributed by atoms with van der Waals surface area (Å²) in [7, 11) is 0. The molecule has 0 fully saturated rings. The third-order valence-electron chi connectivity index (χ3n) is 8.51. The van der Waals surface area contributed by atoms with Gasteiger partial charge in [0.1, 0.15) is 30.0 Å². The second-order valence-corrected chi connectivity index (χ2v) is 12.1. The molecule has 0 bridgehead atoms. The van der Waals surface area contributed by atoms with Crippen molar-refractivity contribution in [2.24, 2.45) is 0 Å². The Morgan fingerprint density at radius 1 is 1.06 bits per heavy atom. The molecule has 47 heavy (non-hydrogen) atoms. The average molecular weight is 630 g/mol. The number of aromatic nitrogens is 7. The fourth-order valence-electron chi connectivity index (χ4n) is 6.19. The maximum absolute atomic E-state index is 14.3. The molecule has 5 heterocycles. The normalized spacial score (nSPS) is 13.6. The summed E-state index contributed by atoms with van der Waals surface area (Å²) in [6, 6.07) is 12.6. The lowest BCUT2D eigenvalue weighted by atomic mass is 9.95. The summed E-state index contributed by atoms with van der Waals surface area (Å²) in [4.78, 5) is 30.4. The van der Waals surface area contributed by atoms with E-state index < -0.39 is 5.60 Å². The SMILES string of the molecule is CCN(CC)CC#Cc1cccc2nc(Cn3nc(-c4ccc(O)c5c4CC(C)(C)O5)c4c(N)ncnc43)n(-n3cccc3)c(=O)c12. The number of hydrogen-bond donors (Lipinski definition) is 2. The van der Waals surface area contributed by atoms with E-state index in [0.717, 1.165) is 24.2 Å². The van der Waals surface area contributed by atoms with Crippen molar-refractivity contribution in [2.75, 3.05) is 25.4 Å².